The first-order valence-corrected chi connectivity index (χ1v) is 8.04. The zero-order valence-corrected chi connectivity index (χ0v) is 14.4. The number of hydrogen-bond acceptors (Lipinski definition) is 5. The summed E-state index contributed by atoms with van der Waals surface area (Å²) in [6, 6.07) is 8.48. The maximum atomic E-state index is 12.4. The van der Waals surface area contributed by atoms with Crippen molar-refractivity contribution in [1.29, 1.82) is 0 Å². The quantitative estimate of drug-likeness (QED) is 0.630. The van der Waals surface area contributed by atoms with Crippen LogP contribution in [0, 0.1) is 10.1 Å². The molecule has 134 valence electrons. The number of nitrogens with zero attached hydrogens (tertiary/aromatic N) is 1. The summed E-state index contributed by atoms with van der Waals surface area (Å²) in [6.45, 7) is 1.74. The number of hydrogen-bond donors (Lipinski definition) is 2. The van der Waals surface area contributed by atoms with Crippen molar-refractivity contribution < 1.29 is 19.2 Å². The third kappa shape index (κ3) is 3.60. The molecule has 1 atom stereocenters. The number of rotatable bonds is 4. The molecule has 0 radical (unpaired) electrons. The second kappa shape index (κ2) is 7.01. The first-order chi connectivity index (χ1) is 12.3. The molecule has 0 aliphatic carbocycles. The molecule has 1 aliphatic heterocycles. The minimum Gasteiger partial charge on any atom is -0.482 e. The molecule has 3 rings (SSSR count). The summed E-state index contributed by atoms with van der Waals surface area (Å²) in [5.74, 6) is -0.148. The van der Waals surface area contributed by atoms with Crippen molar-refractivity contribution in [2.24, 2.45) is 0 Å². The molecule has 0 bridgehead atoms. The second-order valence-electron chi connectivity index (χ2n) is 5.71. The lowest BCUT2D eigenvalue weighted by Crippen LogP contribution is -2.28. The van der Waals surface area contributed by atoms with Gasteiger partial charge in [-0.1, -0.05) is 17.7 Å². The zero-order chi connectivity index (χ0) is 18.8. The SMILES string of the molecule is C[C@H](NC(=O)c1ccc([N+](=O)[O-])cc1Cl)c1ccc2c(c1)NC(=O)CO2. The number of fused-ring (bicyclic) bond motifs is 1. The fourth-order valence-electron chi connectivity index (χ4n) is 2.53. The van der Waals surface area contributed by atoms with E-state index in [0.29, 0.717) is 11.4 Å². The highest BCUT2D eigenvalue weighted by molar-refractivity contribution is 6.34. The summed E-state index contributed by atoms with van der Waals surface area (Å²) < 4.78 is 5.30. The van der Waals surface area contributed by atoms with E-state index in [1.165, 1.54) is 12.1 Å². The number of benzene rings is 2. The van der Waals surface area contributed by atoms with Gasteiger partial charge in [-0.05, 0) is 30.7 Å². The summed E-state index contributed by atoms with van der Waals surface area (Å²) in [5.41, 5.74) is 1.23. The van der Waals surface area contributed by atoms with Crippen LogP contribution in [0.15, 0.2) is 36.4 Å². The number of non-ortho nitro benzene ring substituents is 1. The lowest BCUT2D eigenvalue weighted by Gasteiger charge is -2.21. The number of carbonyl (C=O) groups excluding carboxylic acids is 2. The van der Waals surface area contributed by atoms with Crippen molar-refractivity contribution in [3.8, 4) is 5.75 Å². The molecule has 8 nitrogen and oxygen atoms in total. The fraction of sp³-hybridized carbons (Fsp3) is 0.176. The van der Waals surface area contributed by atoms with Crippen LogP contribution in [0.25, 0.3) is 0 Å². The summed E-state index contributed by atoms with van der Waals surface area (Å²) in [4.78, 5) is 34.0. The van der Waals surface area contributed by atoms with Gasteiger partial charge in [0.2, 0.25) is 0 Å². The van der Waals surface area contributed by atoms with Gasteiger partial charge in [-0.3, -0.25) is 19.7 Å². The molecule has 2 aromatic carbocycles. The van der Waals surface area contributed by atoms with E-state index in [9.17, 15) is 19.7 Å². The number of nitro groups is 1. The highest BCUT2D eigenvalue weighted by Gasteiger charge is 2.20. The monoisotopic (exact) mass is 375 g/mol. The van der Waals surface area contributed by atoms with E-state index in [1.54, 1.807) is 25.1 Å². The minimum atomic E-state index is -0.584. The number of carbonyl (C=O) groups is 2. The highest BCUT2D eigenvalue weighted by atomic mass is 35.5. The van der Waals surface area contributed by atoms with Gasteiger partial charge < -0.3 is 15.4 Å². The molecule has 0 aromatic heterocycles. The van der Waals surface area contributed by atoms with Crippen molar-refractivity contribution >= 4 is 34.8 Å². The maximum absolute atomic E-state index is 12.4. The van der Waals surface area contributed by atoms with Crippen LogP contribution < -0.4 is 15.4 Å². The van der Waals surface area contributed by atoms with Crippen LogP contribution in [0.1, 0.15) is 28.9 Å². The van der Waals surface area contributed by atoms with Crippen LogP contribution in [-0.2, 0) is 4.79 Å². The molecule has 0 fully saturated rings. The van der Waals surface area contributed by atoms with Crippen molar-refractivity contribution in [2.45, 2.75) is 13.0 Å². The van der Waals surface area contributed by atoms with Crippen molar-refractivity contribution in [3.05, 3.63) is 62.7 Å². The van der Waals surface area contributed by atoms with Crippen molar-refractivity contribution in [3.63, 3.8) is 0 Å². The molecule has 1 heterocycles. The normalized spacial score (nSPS) is 13.8. The molecule has 1 aliphatic rings. The van der Waals surface area contributed by atoms with Gasteiger partial charge in [0, 0.05) is 12.1 Å². The Morgan fingerprint density at radius 3 is 2.81 bits per heavy atom. The summed E-state index contributed by atoms with van der Waals surface area (Å²) in [5, 5.41) is 16.2. The Balaban J connectivity index is 1.76. The minimum absolute atomic E-state index is 0.00463. The van der Waals surface area contributed by atoms with Gasteiger partial charge in [0.25, 0.3) is 17.5 Å². The molecule has 9 heteroatoms. The van der Waals surface area contributed by atoms with E-state index in [4.69, 9.17) is 16.3 Å². The molecular formula is C17H14ClN3O5. The van der Waals surface area contributed by atoms with E-state index in [0.717, 1.165) is 11.6 Å². The van der Waals surface area contributed by atoms with E-state index in [2.05, 4.69) is 10.6 Å². The molecule has 0 spiro atoms. The molecular weight excluding hydrogens is 362 g/mol. The molecule has 0 saturated heterocycles. The van der Waals surface area contributed by atoms with Crippen molar-refractivity contribution in [1.82, 2.24) is 5.32 Å². The Morgan fingerprint density at radius 2 is 2.12 bits per heavy atom. The molecule has 0 unspecified atom stereocenters. The molecule has 26 heavy (non-hydrogen) atoms. The van der Waals surface area contributed by atoms with Gasteiger partial charge >= 0.3 is 0 Å². The highest BCUT2D eigenvalue weighted by Crippen LogP contribution is 2.31. The van der Waals surface area contributed by atoms with E-state index >= 15 is 0 Å². The van der Waals surface area contributed by atoms with Gasteiger partial charge in [-0.25, -0.2) is 0 Å². The van der Waals surface area contributed by atoms with Gasteiger partial charge in [-0.2, -0.15) is 0 Å². The summed E-state index contributed by atoms with van der Waals surface area (Å²) in [6.07, 6.45) is 0. The fourth-order valence-corrected chi connectivity index (χ4v) is 2.79. The molecule has 2 amide bonds. The number of amides is 2. The van der Waals surface area contributed by atoms with Crippen LogP contribution in [0.5, 0.6) is 5.75 Å². The lowest BCUT2D eigenvalue weighted by atomic mass is 10.1. The Labute approximate surface area is 153 Å². The van der Waals surface area contributed by atoms with E-state index < -0.39 is 16.9 Å². The number of halogens is 1. The van der Waals surface area contributed by atoms with Crippen LogP contribution >= 0.6 is 11.6 Å². The summed E-state index contributed by atoms with van der Waals surface area (Å²) >= 11 is 5.98. The van der Waals surface area contributed by atoms with Gasteiger partial charge in [0.15, 0.2) is 6.61 Å². The van der Waals surface area contributed by atoms with E-state index in [1.807, 2.05) is 0 Å². The first kappa shape index (κ1) is 17.7. The standard InChI is InChI=1S/C17H14ClN3O5/c1-9(10-2-5-15-14(6-10)20-16(22)8-26-15)19-17(23)12-4-3-11(21(24)25)7-13(12)18/h2-7,9H,8H2,1H3,(H,19,23)(H,20,22)/t9-/m0/s1. The summed E-state index contributed by atoms with van der Waals surface area (Å²) in [7, 11) is 0. The third-order valence-corrected chi connectivity index (χ3v) is 4.20. The average molecular weight is 376 g/mol. The van der Waals surface area contributed by atoms with Gasteiger partial charge in [0.05, 0.1) is 27.2 Å². The topological polar surface area (TPSA) is 111 Å². The lowest BCUT2D eigenvalue weighted by molar-refractivity contribution is -0.384. The molecule has 0 saturated carbocycles. The van der Waals surface area contributed by atoms with Crippen LogP contribution in [0.4, 0.5) is 11.4 Å². The van der Waals surface area contributed by atoms with Crippen molar-refractivity contribution in [2.75, 3.05) is 11.9 Å². The number of anilines is 1. The predicted octanol–water partition coefficient (Wildman–Crippen LogP) is 3.07. The maximum Gasteiger partial charge on any atom is 0.270 e. The molecule has 2 aromatic rings. The Morgan fingerprint density at radius 1 is 1.35 bits per heavy atom. The number of nitro benzene ring substituents is 1. The number of ether oxygens (including phenoxy) is 1. The van der Waals surface area contributed by atoms with E-state index in [-0.39, 0.29) is 28.8 Å². The second-order valence-corrected chi connectivity index (χ2v) is 6.12. The average Bonchev–Trinajstić information content (AvgIpc) is 2.60. The van der Waals surface area contributed by atoms with Gasteiger partial charge in [-0.15, -0.1) is 0 Å². The Kier molecular flexibility index (Phi) is 4.77. The zero-order valence-electron chi connectivity index (χ0n) is 13.6. The molecule has 2 N–H and O–H groups in total. The van der Waals surface area contributed by atoms with Crippen LogP contribution in [0.2, 0.25) is 5.02 Å². The Hall–Kier alpha value is -3.13. The smallest absolute Gasteiger partial charge is 0.270 e. The first-order valence-electron chi connectivity index (χ1n) is 7.66. The van der Waals surface area contributed by atoms with Crippen LogP contribution in [-0.4, -0.2) is 23.3 Å². The number of nitrogens with one attached hydrogen (secondary N) is 2. The largest absolute Gasteiger partial charge is 0.482 e. The third-order valence-electron chi connectivity index (χ3n) is 3.89. The predicted molar refractivity (Wildman–Crippen MR) is 94.6 cm³/mol. The Bertz CT molecular complexity index is 915. The van der Waals surface area contributed by atoms with Crippen LogP contribution in [0.3, 0.4) is 0 Å². The van der Waals surface area contributed by atoms with Gasteiger partial charge in [0.1, 0.15) is 5.75 Å².